The van der Waals surface area contributed by atoms with E-state index in [9.17, 15) is 4.79 Å². The summed E-state index contributed by atoms with van der Waals surface area (Å²) >= 11 is 0. The minimum atomic E-state index is -0.115. The van der Waals surface area contributed by atoms with Gasteiger partial charge in [-0.25, -0.2) is 9.97 Å². The molecule has 1 fully saturated rings. The molecule has 3 heterocycles. The lowest BCUT2D eigenvalue weighted by molar-refractivity contribution is -0.0498. The summed E-state index contributed by atoms with van der Waals surface area (Å²) in [5.74, 6) is -0.115. The topological polar surface area (TPSA) is 72.3 Å². The summed E-state index contributed by atoms with van der Waals surface area (Å²) in [6.07, 6.45) is 3.29. The summed E-state index contributed by atoms with van der Waals surface area (Å²) in [4.78, 5) is 23.1. The number of amides is 1. The zero-order chi connectivity index (χ0) is 16.4. The molecule has 7 heteroatoms. The van der Waals surface area contributed by atoms with Crippen molar-refractivity contribution in [3.8, 4) is 0 Å². The summed E-state index contributed by atoms with van der Waals surface area (Å²) in [5, 5.41) is 2.96. The Morgan fingerprint density at radius 1 is 1.43 bits per heavy atom. The number of nitrogens with one attached hydrogen (secondary N) is 1. The van der Waals surface area contributed by atoms with Crippen molar-refractivity contribution in [3.05, 3.63) is 24.2 Å². The van der Waals surface area contributed by atoms with Gasteiger partial charge in [0, 0.05) is 38.4 Å². The highest BCUT2D eigenvalue weighted by atomic mass is 16.5. The number of hydrogen-bond acceptors (Lipinski definition) is 5. The van der Waals surface area contributed by atoms with Gasteiger partial charge >= 0.3 is 0 Å². The molecule has 0 aromatic carbocycles. The third-order valence-electron chi connectivity index (χ3n) is 4.30. The molecule has 0 atom stereocenters. The van der Waals surface area contributed by atoms with Crippen LogP contribution in [-0.4, -0.2) is 63.7 Å². The highest BCUT2D eigenvalue weighted by Gasteiger charge is 2.29. The maximum atomic E-state index is 12.3. The maximum Gasteiger partial charge on any atom is 0.252 e. The lowest BCUT2D eigenvalue weighted by Gasteiger charge is -2.42. The predicted molar refractivity (Wildman–Crippen MR) is 87.3 cm³/mol. The summed E-state index contributed by atoms with van der Waals surface area (Å²) in [7, 11) is 1.88. The summed E-state index contributed by atoms with van der Waals surface area (Å²) in [6.45, 7) is 8.09. The van der Waals surface area contributed by atoms with Gasteiger partial charge in [-0.15, -0.1) is 0 Å². The first-order valence-corrected chi connectivity index (χ1v) is 7.85. The van der Waals surface area contributed by atoms with Crippen LogP contribution in [0.5, 0.6) is 0 Å². The standard InChI is InChI=1S/C16H23N5O2/c1-16(2)10-23-7-6-21(16)5-4-17-15(22)12-8-13-14(18-9-12)20(3)11-19-13/h8-9,11H,4-7,10H2,1-3H3,(H,17,22). The number of pyridine rings is 1. The van der Waals surface area contributed by atoms with Crippen molar-refractivity contribution >= 4 is 17.1 Å². The van der Waals surface area contributed by atoms with Crippen LogP contribution in [0.2, 0.25) is 0 Å². The minimum absolute atomic E-state index is 0.0113. The van der Waals surface area contributed by atoms with E-state index in [1.54, 1.807) is 18.6 Å². The van der Waals surface area contributed by atoms with Crippen molar-refractivity contribution < 1.29 is 9.53 Å². The molecule has 1 saturated heterocycles. The van der Waals surface area contributed by atoms with E-state index in [-0.39, 0.29) is 11.4 Å². The van der Waals surface area contributed by atoms with Crippen LogP contribution in [0.1, 0.15) is 24.2 Å². The smallest absolute Gasteiger partial charge is 0.252 e. The summed E-state index contributed by atoms with van der Waals surface area (Å²) in [5.41, 5.74) is 2.06. The first-order valence-electron chi connectivity index (χ1n) is 7.85. The number of nitrogens with zero attached hydrogens (tertiary/aromatic N) is 4. The SMILES string of the molecule is Cn1cnc2cc(C(=O)NCCN3CCOCC3(C)C)cnc21. The third-order valence-corrected chi connectivity index (χ3v) is 4.30. The van der Waals surface area contributed by atoms with Gasteiger partial charge in [-0.2, -0.15) is 0 Å². The van der Waals surface area contributed by atoms with E-state index in [4.69, 9.17) is 4.74 Å². The molecule has 0 aliphatic carbocycles. The van der Waals surface area contributed by atoms with Crippen molar-refractivity contribution in [1.82, 2.24) is 24.8 Å². The Bertz CT molecular complexity index is 710. The van der Waals surface area contributed by atoms with E-state index < -0.39 is 0 Å². The molecule has 2 aromatic rings. The van der Waals surface area contributed by atoms with E-state index in [1.165, 1.54) is 0 Å². The molecular formula is C16H23N5O2. The zero-order valence-corrected chi connectivity index (χ0v) is 13.9. The van der Waals surface area contributed by atoms with E-state index in [0.717, 1.165) is 37.5 Å². The van der Waals surface area contributed by atoms with Crippen LogP contribution in [0.4, 0.5) is 0 Å². The molecule has 3 rings (SSSR count). The number of hydrogen-bond donors (Lipinski definition) is 1. The number of fused-ring (bicyclic) bond motifs is 1. The molecule has 1 aliphatic heterocycles. The average molecular weight is 317 g/mol. The first-order chi connectivity index (χ1) is 11.0. The molecule has 23 heavy (non-hydrogen) atoms. The lowest BCUT2D eigenvalue weighted by Crippen LogP contribution is -2.54. The monoisotopic (exact) mass is 317 g/mol. The second-order valence-electron chi connectivity index (χ2n) is 6.53. The van der Waals surface area contributed by atoms with Gasteiger partial charge in [0.15, 0.2) is 5.65 Å². The van der Waals surface area contributed by atoms with Gasteiger partial charge < -0.3 is 14.6 Å². The van der Waals surface area contributed by atoms with Gasteiger partial charge in [-0.05, 0) is 19.9 Å². The van der Waals surface area contributed by atoms with E-state index in [2.05, 4.69) is 34.0 Å². The zero-order valence-electron chi connectivity index (χ0n) is 13.9. The number of ether oxygens (including phenoxy) is 1. The fourth-order valence-corrected chi connectivity index (χ4v) is 2.85. The Morgan fingerprint density at radius 2 is 2.26 bits per heavy atom. The molecule has 0 bridgehead atoms. The number of rotatable bonds is 4. The van der Waals surface area contributed by atoms with Crippen LogP contribution in [0.25, 0.3) is 11.2 Å². The van der Waals surface area contributed by atoms with Crippen LogP contribution >= 0.6 is 0 Å². The van der Waals surface area contributed by atoms with Crippen LogP contribution < -0.4 is 5.32 Å². The molecule has 1 aliphatic rings. The Kier molecular flexibility index (Phi) is 4.32. The van der Waals surface area contributed by atoms with Crippen molar-refractivity contribution in [1.29, 1.82) is 0 Å². The van der Waals surface area contributed by atoms with E-state index >= 15 is 0 Å². The Morgan fingerprint density at radius 3 is 3.04 bits per heavy atom. The van der Waals surface area contributed by atoms with E-state index in [0.29, 0.717) is 12.1 Å². The number of carbonyl (C=O) groups is 1. The molecular weight excluding hydrogens is 294 g/mol. The van der Waals surface area contributed by atoms with Crippen LogP contribution in [-0.2, 0) is 11.8 Å². The maximum absolute atomic E-state index is 12.3. The molecule has 124 valence electrons. The van der Waals surface area contributed by atoms with Crippen molar-refractivity contribution in [3.63, 3.8) is 0 Å². The molecule has 2 aromatic heterocycles. The van der Waals surface area contributed by atoms with Crippen molar-refractivity contribution in [2.75, 3.05) is 32.8 Å². The second kappa shape index (κ2) is 6.25. The summed E-state index contributed by atoms with van der Waals surface area (Å²) in [6, 6.07) is 1.77. The molecule has 0 spiro atoms. The van der Waals surface area contributed by atoms with Gasteiger partial charge in [0.1, 0.15) is 5.52 Å². The number of carbonyl (C=O) groups excluding carboxylic acids is 1. The molecule has 1 amide bonds. The number of morpholine rings is 1. The van der Waals surface area contributed by atoms with Crippen molar-refractivity contribution in [2.45, 2.75) is 19.4 Å². The third kappa shape index (κ3) is 3.35. The quantitative estimate of drug-likeness (QED) is 0.903. The molecule has 7 nitrogen and oxygen atoms in total. The number of aromatic nitrogens is 3. The molecule has 0 unspecified atom stereocenters. The minimum Gasteiger partial charge on any atom is -0.378 e. The largest absolute Gasteiger partial charge is 0.378 e. The Hall–Kier alpha value is -1.99. The average Bonchev–Trinajstić information content (AvgIpc) is 2.89. The highest BCUT2D eigenvalue weighted by molar-refractivity contribution is 5.96. The highest BCUT2D eigenvalue weighted by Crippen LogP contribution is 2.18. The molecule has 0 radical (unpaired) electrons. The fraction of sp³-hybridized carbons (Fsp3) is 0.562. The van der Waals surface area contributed by atoms with Gasteiger partial charge in [0.05, 0.1) is 25.1 Å². The normalized spacial score (nSPS) is 18.2. The van der Waals surface area contributed by atoms with Crippen LogP contribution in [0.15, 0.2) is 18.6 Å². The van der Waals surface area contributed by atoms with Crippen LogP contribution in [0.3, 0.4) is 0 Å². The summed E-state index contributed by atoms with van der Waals surface area (Å²) < 4.78 is 7.34. The Balaban J connectivity index is 1.58. The number of aryl methyl sites for hydroxylation is 1. The van der Waals surface area contributed by atoms with Gasteiger partial charge in [0.2, 0.25) is 0 Å². The molecule has 1 N–H and O–H groups in total. The second-order valence-corrected chi connectivity index (χ2v) is 6.53. The van der Waals surface area contributed by atoms with Gasteiger partial charge in [0.25, 0.3) is 5.91 Å². The molecule has 0 saturated carbocycles. The lowest BCUT2D eigenvalue weighted by atomic mass is 10.0. The number of imidazole rings is 1. The Labute approximate surface area is 135 Å². The first kappa shape index (κ1) is 15.9. The van der Waals surface area contributed by atoms with E-state index in [1.807, 2.05) is 11.6 Å². The van der Waals surface area contributed by atoms with Gasteiger partial charge in [-0.3, -0.25) is 9.69 Å². The van der Waals surface area contributed by atoms with Crippen LogP contribution in [0, 0.1) is 0 Å². The fourth-order valence-electron chi connectivity index (χ4n) is 2.85. The predicted octanol–water partition coefficient (Wildman–Crippen LogP) is 0.809. The van der Waals surface area contributed by atoms with Gasteiger partial charge in [-0.1, -0.05) is 0 Å². The van der Waals surface area contributed by atoms with Crippen molar-refractivity contribution in [2.24, 2.45) is 7.05 Å².